The van der Waals surface area contributed by atoms with Gasteiger partial charge in [0.25, 0.3) is 5.91 Å². The van der Waals surface area contributed by atoms with Gasteiger partial charge in [-0.05, 0) is 36.6 Å². The monoisotopic (exact) mass is 551 g/mol. The van der Waals surface area contributed by atoms with E-state index >= 15 is 0 Å². The minimum absolute atomic E-state index is 0.0367. The molecule has 1 atom stereocenters. The third-order valence-electron chi connectivity index (χ3n) is 5.82. The molecule has 3 aromatic rings. The zero-order valence-electron chi connectivity index (χ0n) is 19.3. The molecule has 0 radical (unpaired) electrons. The van der Waals surface area contributed by atoms with E-state index in [-0.39, 0.29) is 40.9 Å². The Morgan fingerprint density at radius 2 is 1.89 bits per heavy atom. The van der Waals surface area contributed by atoms with Crippen molar-refractivity contribution >= 4 is 37.2 Å². The van der Waals surface area contributed by atoms with Gasteiger partial charge in [-0.2, -0.15) is 0 Å². The molecule has 0 aliphatic carbocycles. The molecule has 1 aliphatic heterocycles. The van der Waals surface area contributed by atoms with Crippen molar-refractivity contribution in [1.29, 1.82) is 0 Å². The summed E-state index contributed by atoms with van der Waals surface area (Å²) in [5, 5.41) is -0.725. The van der Waals surface area contributed by atoms with Crippen LogP contribution in [-0.2, 0) is 32.0 Å². The molecule has 190 valence electrons. The molecule has 1 aromatic heterocycles. The van der Waals surface area contributed by atoms with Gasteiger partial charge >= 0.3 is 0 Å². The Labute approximate surface area is 214 Å². The molecule has 0 saturated carbocycles. The van der Waals surface area contributed by atoms with Crippen LogP contribution in [0.15, 0.2) is 59.9 Å². The zero-order chi connectivity index (χ0) is 26.1. The molecule has 1 fully saturated rings. The molecule has 0 spiro atoms. The Bertz CT molecular complexity index is 1510. The van der Waals surface area contributed by atoms with Crippen LogP contribution in [0.3, 0.4) is 0 Å². The summed E-state index contributed by atoms with van der Waals surface area (Å²) in [6.45, 7) is 1.80. The average Bonchev–Trinajstić information content (AvgIpc) is 3.17. The first-order valence-electron chi connectivity index (χ1n) is 11.0. The van der Waals surface area contributed by atoms with Crippen LogP contribution in [0.4, 0.5) is 4.39 Å². The smallest absolute Gasteiger partial charge is 0.274 e. The van der Waals surface area contributed by atoms with Crippen LogP contribution in [0.25, 0.3) is 0 Å². The number of carbonyl (C=O) groups is 1. The van der Waals surface area contributed by atoms with Gasteiger partial charge in [0.2, 0.25) is 15.0 Å². The van der Waals surface area contributed by atoms with Crippen molar-refractivity contribution < 1.29 is 26.0 Å². The van der Waals surface area contributed by atoms with Crippen molar-refractivity contribution in [3.05, 3.63) is 88.0 Å². The van der Waals surface area contributed by atoms with Crippen LogP contribution in [-0.4, -0.2) is 55.2 Å². The van der Waals surface area contributed by atoms with E-state index in [1.807, 2.05) is 13.0 Å². The Kier molecular flexibility index (Phi) is 7.44. The summed E-state index contributed by atoms with van der Waals surface area (Å²) < 4.78 is 63.7. The highest BCUT2D eigenvalue weighted by Crippen LogP contribution is 2.25. The van der Waals surface area contributed by atoms with Gasteiger partial charge in [-0.25, -0.2) is 31.2 Å². The normalized spacial score (nSPS) is 17.1. The van der Waals surface area contributed by atoms with Crippen molar-refractivity contribution in [2.75, 3.05) is 11.5 Å². The van der Waals surface area contributed by atoms with E-state index in [0.29, 0.717) is 11.1 Å². The molecule has 1 saturated heterocycles. The third-order valence-corrected chi connectivity index (χ3v) is 9.31. The lowest BCUT2D eigenvalue weighted by atomic mass is 10.1. The highest BCUT2D eigenvalue weighted by Gasteiger charge is 2.36. The summed E-state index contributed by atoms with van der Waals surface area (Å²) in [5.41, 5.74) is 1.64. The second-order valence-corrected chi connectivity index (χ2v) is 13.2. The number of amides is 1. The number of nitrogens with zero attached hydrogens (tertiary/aromatic N) is 3. The number of halogens is 2. The van der Waals surface area contributed by atoms with E-state index in [0.717, 1.165) is 11.8 Å². The lowest BCUT2D eigenvalue weighted by Gasteiger charge is -2.28. The Morgan fingerprint density at radius 1 is 1.17 bits per heavy atom. The van der Waals surface area contributed by atoms with Gasteiger partial charge in [0, 0.05) is 12.6 Å². The highest BCUT2D eigenvalue weighted by molar-refractivity contribution is 7.91. The molecular formula is C24H23ClFN3O5S2. The van der Waals surface area contributed by atoms with Gasteiger partial charge in [-0.3, -0.25) is 4.79 Å². The van der Waals surface area contributed by atoms with E-state index in [2.05, 4.69) is 9.97 Å². The van der Waals surface area contributed by atoms with Crippen molar-refractivity contribution in [3.63, 3.8) is 0 Å². The molecular weight excluding hydrogens is 529 g/mol. The van der Waals surface area contributed by atoms with E-state index in [1.54, 1.807) is 18.2 Å². The minimum Gasteiger partial charge on any atom is -0.329 e. The van der Waals surface area contributed by atoms with Crippen LogP contribution in [0.5, 0.6) is 0 Å². The first-order chi connectivity index (χ1) is 16.9. The largest absolute Gasteiger partial charge is 0.329 e. The zero-order valence-corrected chi connectivity index (χ0v) is 21.7. The van der Waals surface area contributed by atoms with E-state index in [4.69, 9.17) is 11.6 Å². The topological polar surface area (TPSA) is 114 Å². The summed E-state index contributed by atoms with van der Waals surface area (Å²) in [7, 11) is -7.37. The molecule has 2 aromatic carbocycles. The maximum absolute atomic E-state index is 13.6. The lowest BCUT2D eigenvalue weighted by Crippen LogP contribution is -2.41. The second kappa shape index (κ2) is 10.2. The lowest BCUT2D eigenvalue weighted by molar-refractivity contribution is 0.0674. The number of rotatable bonds is 7. The highest BCUT2D eigenvalue weighted by atomic mass is 35.5. The molecule has 8 nitrogen and oxygen atoms in total. The quantitative estimate of drug-likeness (QED) is 0.413. The van der Waals surface area contributed by atoms with Gasteiger partial charge in [0.15, 0.2) is 15.5 Å². The average molecular weight is 552 g/mol. The number of hydrogen-bond acceptors (Lipinski definition) is 7. The van der Waals surface area contributed by atoms with Crippen LogP contribution >= 0.6 is 11.6 Å². The predicted octanol–water partition coefficient (Wildman–Crippen LogP) is 3.38. The fourth-order valence-electron chi connectivity index (χ4n) is 4.05. The molecule has 36 heavy (non-hydrogen) atoms. The van der Waals surface area contributed by atoms with Gasteiger partial charge < -0.3 is 4.90 Å². The van der Waals surface area contributed by atoms with Gasteiger partial charge in [-0.15, -0.1) is 0 Å². The SMILES string of the molecule is Cc1cccc(CS(=O)(=O)c2ncc(Cl)c(C(=O)N(Cc3ccc(F)cc3)C3CCS(=O)(=O)C3)n2)c1. The molecule has 12 heteroatoms. The molecule has 0 N–H and O–H groups in total. The molecule has 2 heterocycles. The first kappa shape index (κ1) is 26.2. The second-order valence-electron chi connectivity index (χ2n) is 8.71. The van der Waals surface area contributed by atoms with E-state index < -0.39 is 42.6 Å². The summed E-state index contributed by atoms with van der Waals surface area (Å²) in [6.07, 6.45) is 1.25. The maximum Gasteiger partial charge on any atom is 0.274 e. The maximum atomic E-state index is 13.6. The van der Waals surface area contributed by atoms with Crippen molar-refractivity contribution in [3.8, 4) is 0 Å². The number of hydrogen-bond donors (Lipinski definition) is 0. The number of benzene rings is 2. The molecule has 1 aliphatic rings. The fourth-order valence-corrected chi connectivity index (χ4v) is 7.14. The number of aryl methyl sites for hydroxylation is 1. The third kappa shape index (κ3) is 6.08. The molecule has 4 rings (SSSR count). The standard InChI is InChI=1S/C24H23ClFN3O5S2/c1-16-3-2-4-18(11-16)14-36(33,34)24-27-12-21(25)22(28-24)23(30)29(20-9-10-35(31,32)15-20)13-17-5-7-19(26)8-6-17/h2-8,11-12,20H,9-10,13-15H2,1H3. The molecule has 1 amide bonds. The van der Waals surface area contributed by atoms with E-state index in [9.17, 15) is 26.0 Å². The fraction of sp³-hybridized carbons (Fsp3) is 0.292. The summed E-state index contributed by atoms with van der Waals surface area (Å²) in [4.78, 5) is 22.8. The number of sulfone groups is 2. The van der Waals surface area contributed by atoms with Crippen molar-refractivity contribution in [2.45, 2.75) is 36.8 Å². The van der Waals surface area contributed by atoms with Crippen molar-refractivity contribution in [2.24, 2.45) is 0 Å². The Hall–Kier alpha value is -2.89. The van der Waals surface area contributed by atoms with Gasteiger partial charge in [0.1, 0.15) is 5.82 Å². The number of carbonyl (C=O) groups excluding carboxylic acids is 1. The molecule has 0 bridgehead atoms. The Balaban J connectivity index is 1.68. The van der Waals surface area contributed by atoms with Crippen LogP contribution in [0.1, 0.15) is 33.6 Å². The predicted molar refractivity (Wildman–Crippen MR) is 132 cm³/mol. The molecule has 1 unspecified atom stereocenters. The van der Waals surface area contributed by atoms with Crippen LogP contribution in [0, 0.1) is 12.7 Å². The summed E-state index contributed by atoms with van der Waals surface area (Å²) >= 11 is 6.22. The number of aromatic nitrogens is 2. The Morgan fingerprint density at radius 3 is 2.53 bits per heavy atom. The van der Waals surface area contributed by atoms with Gasteiger partial charge in [-0.1, -0.05) is 53.6 Å². The van der Waals surface area contributed by atoms with Gasteiger partial charge in [0.05, 0.1) is 28.5 Å². The minimum atomic E-state index is -4.02. The van der Waals surface area contributed by atoms with E-state index in [1.165, 1.54) is 29.2 Å². The van der Waals surface area contributed by atoms with Crippen LogP contribution in [0.2, 0.25) is 5.02 Å². The first-order valence-corrected chi connectivity index (χ1v) is 14.9. The summed E-state index contributed by atoms with van der Waals surface area (Å²) in [5.74, 6) is -1.90. The summed E-state index contributed by atoms with van der Waals surface area (Å²) in [6, 6.07) is 11.7. The van der Waals surface area contributed by atoms with Crippen LogP contribution < -0.4 is 0 Å². The van der Waals surface area contributed by atoms with Crippen molar-refractivity contribution in [1.82, 2.24) is 14.9 Å².